The van der Waals surface area contributed by atoms with Gasteiger partial charge in [0.25, 0.3) is 5.91 Å². The zero-order valence-corrected chi connectivity index (χ0v) is 12.5. The largest absolute Gasteiger partial charge is 0.396 e. The van der Waals surface area contributed by atoms with Gasteiger partial charge >= 0.3 is 0 Å². The van der Waals surface area contributed by atoms with E-state index >= 15 is 0 Å². The Kier molecular flexibility index (Phi) is 5.35. The Hall–Kier alpha value is -0.870. The molecule has 1 amide bonds. The van der Waals surface area contributed by atoms with Gasteiger partial charge in [-0.25, -0.2) is 0 Å². The van der Waals surface area contributed by atoms with Gasteiger partial charge in [-0.1, -0.05) is 13.8 Å². The smallest absolute Gasteiger partial charge is 0.261 e. The fourth-order valence-corrected chi connectivity index (χ4v) is 2.90. The molecule has 0 saturated heterocycles. The molecule has 4 heteroatoms. The highest BCUT2D eigenvalue weighted by atomic mass is 32.1. The Balaban J connectivity index is 2.80. The van der Waals surface area contributed by atoms with Crippen molar-refractivity contribution in [3.8, 4) is 0 Å². The molecule has 2 N–H and O–H groups in total. The summed E-state index contributed by atoms with van der Waals surface area (Å²) in [5.74, 6) is -0.0272. The third kappa shape index (κ3) is 3.56. The van der Waals surface area contributed by atoms with Crippen LogP contribution in [-0.4, -0.2) is 23.2 Å². The number of rotatable bonds is 6. The zero-order valence-electron chi connectivity index (χ0n) is 11.7. The summed E-state index contributed by atoms with van der Waals surface area (Å²) in [5.41, 5.74) is 0.865. The zero-order chi connectivity index (χ0) is 13.8. The molecule has 1 atom stereocenters. The highest BCUT2D eigenvalue weighted by Gasteiger charge is 2.25. The maximum absolute atomic E-state index is 12.2. The van der Waals surface area contributed by atoms with Gasteiger partial charge in [0.2, 0.25) is 0 Å². The lowest BCUT2D eigenvalue weighted by Gasteiger charge is -2.28. The number of aliphatic hydroxyl groups excluding tert-OH is 1. The Morgan fingerprint density at radius 1 is 1.50 bits per heavy atom. The van der Waals surface area contributed by atoms with Crippen LogP contribution in [0.2, 0.25) is 0 Å². The predicted molar refractivity (Wildman–Crippen MR) is 76.3 cm³/mol. The Morgan fingerprint density at radius 2 is 2.17 bits per heavy atom. The molecule has 1 heterocycles. The Bertz CT molecular complexity index is 414. The van der Waals surface area contributed by atoms with E-state index in [2.05, 4.69) is 12.2 Å². The number of carbonyl (C=O) groups is 1. The molecule has 1 aromatic heterocycles. The lowest BCUT2D eigenvalue weighted by atomic mass is 9.95. The molecule has 0 radical (unpaired) electrons. The number of hydrogen-bond donors (Lipinski definition) is 2. The van der Waals surface area contributed by atoms with E-state index in [-0.39, 0.29) is 18.1 Å². The fourth-order valence-electron chi connectivity index (χ4n) is 1.89. The second-order valence-corrected chi connectivity index (χ2v) is 6.05. The third-order valence-corrected chi connectivity index (χ3v) is 4.80. The topological polar surface area (TPSA) is 49.3 Å². The molecular weight excluding hydrogens is 246 g/mol. The van der Waals surface area contributed by atoms with Crippen LogP contribution in [0.4, 0.5) is 0 Å². The Labute approximate surface area is 113 Å². The molecular formula is C14H23NO2S. The van der Waals surface area contributed by atoms with E-state index in [9.17, 15) is 4.79 Å². The third-order valence-electron chi connectivity index (χ3n) is 3.42. The molecule has 1 aromatic rings. The van der Waals surface area contributed by atoms with Gasteiger partial charge < -0.3 is 10.4 Å². The second-order valence-electron chi connectivity index (χ2n) is 4.91. The van der Waals surface area contributed by atoms with Crippen molar-refractivity contribution in [3.05, 3.63) is 21.4 Å². The van der Waals surface area contributed by atoms with Crippen molar-refractivity contribution in [1.29, 1.82) is 0 Å². The summed E-state index contributed by atoms with van der Waals surface area (Å²) in [5, 5.41) is 12.1. The minimum Gasteiger partial charge on any atom is -0.396 e. The first kappa shape index (κ1) is 15.2. The predicted octanol–water partition coefficient (Wildman–Crippen LogP) is 2.90. The van der Waals surface area contributed by atoms with E-state index in [1.165, 1.54) is 10.4 Å². The summed E-state index contributed by atoms with van der Waals surface area (Å²) in [4.78, 5) is 14.2. The van der Waals surface area contributed by atoms with Gasteiger partial charge in [-0.15, -0.1) is 11.3 Å². The van der Waals surface area contributed by atoms with E-state index < -0.39 is 0 Å². The monoisotopic (exact) mass is 269 g/mol. The van der Waals surface area contributed by atoms with E-state index in [0.717, 1.165) is 17.7 Å². The molecule has 0 bridgehead atoms. The lowest BCUT2D eigenvalue weighted by Crippen LogP contribution is -2.45. The van der Waals surface area contributed by atoms with E-state index in [1.807, 2.05) is 26.8 Å². The number of thiophene rings is 1. The summed E-state index contributed by atoms with van der Waals surface area (Å²) in [7, 11) is 0. The van der Waals surface area contributed by atoms with Gasteiger partial charge in [0.15, 0.2) is 0 Å². The summed E-state index contributed by atoms with van der Waals surface area (Å²) in [6.45, 7) is 8.23. The van der Waals surface area contributed by atoms with Gasteiger partial charge in [-0.2, -0.15) is 0 Å². The van der Waals surface area contributed by atoms with Crippen molar-refractivity contribution in [2.45, 2.75) is 52.5 Å². The minimum absolute atomic E-state index is 0.0272. The summed E-state index contributed by atoms with van der Waals surface area (Å²) in [6, 6.07) is 1.95. The molecule has 0 aliphatic carbocycles. The first-order valence-corrected chi connectivity index (χ1v) is 7.30. The molecule has 0 aliphatic rings. The van der Waals surface area contributed by atoms with Crippen molar-refractivity contribution < 1.29 is 9.90 Å². The van der Waals surface area contributed by atoms with Crippen LogP contribution in [0.5, 0.6) is 0 Å². The van der Waals surface area contributed by atoms with Gasteiger partial charge in [-0.3, -0.25) is 4.79 Å². The molecule has 1 rings (SSSR count). The quantitative estimate of drug-likeness (QED) is 0.834. The maximum Gasteiger partial charge on any atom is 0.261 e. The average molecular weight is 269 g/mol. The first-order valence-electron chi connectivity index (χ1n) is 6.48. The number of hydrogen-bond acceptors (Lipinski definition) is 3. The number of carbonyl (C=O) groups excluding carboxylic acids is 1. The van der Waals surface area contributed by atoms with Crippen molar-refractivity contribution in [2.75, 3.05) is 6.61 Å². The van der Waals surface area contributed by atoms with Crippen molar-refractivity contribution in [1.82, 2.24) is 5.32 Å². The SMILES string of the molecule is CCc1sc(C(=O)NC(C)(CC)CCO)cc1C. The molecule has 1 unspecified atom stereocenters. The molecule has 0 spiro atoms. The molecule has 102 valence electrons. The van der Waals surface area contributed by atoms with E-state index in [1.54, 1.807) is 11.3 Å². The standard InChI is InChI=1S/C14H23NO2S/c1-5-11-10(3)9-12(18-11)13(17)15-14(4,6-2)7-8-16/h9,16H,5-8H2,1-4H3,(H,15,17). The van der Waals surface area contributed by atoms with E-state index in [0.29, 0.717) is 6.42 Å². The minimum atomic E-state index is -0.323. The van der Waals surface area contributed by atoms with E-state index in [4.69, 9.17) is 5.11 Å². The van der Waals surface area contributed by atoms with Crippen LogP contribution in [0.3, 0.4) is 0 Å². The molecule has 0 saturated carbocycles. The number of nitrogens with one attached hydrogen (secondary N) is 1. The normalized spacial score (nSPS) is 14.3. The molecule has 0 fully saturated rings. The van der Waals surface area contributed by atoms with Crippen LogP contribution in [-0.2, 0) is 6.42 Å². The molecule has 3 nitrogen and oxygen atoms in total. The van der Waals surface area contributed by atoms with Crippen LogP contribution < -0.4 is 5.32 Å². The van der Waals surface area contributed by atoms with Crippen LogP contribution in [0.1, 0.15) is 53.7 Å². The number of aliphatic hydroxyl groups is 1. The van der Waals surface area contributed by atoms with Crippen LogP contribution in [0, 0.1) is 6.92 Å². The Morgan fingerprint density at radius 3 is 2.61 bits per heavy atom. The molecule has 0 aromatic carbocycles. The number of aryl methyl sites for hydroxylation is 2. The second kappa shape index (κ2) is 6.34. The highest BCUT2D eigenvalue weighted by molar-refractivity contribution is 7.14. The van der Waals surface area contributed by atoms with Crippen molar-refractivity contribution in [3.63, 3.8) is 0 Å². The van der Waals surface area contributed by atoms with Gasteiger partial charge in [0, 0.05) is 17.0 Å². The van der Waals surface area contributed by atoms with Gasteiger partial charge in [-0.05, 0) is 44.7 Å². The van der Waals surface area contributed by atoms with Crippen LogP contribution >= 0.6 is 11.3 Å². The van der Waals surface area contributed by atoms with Crippen molar-refractivity contribution in [2.24, 2.45) is 0 Å². The van der Waals surface area contributed by atoms with Crippen LogP contribution in [0.25, 0.3) is 0 Å². The lowest BCUT2D eigenvalue weighted by molar-refractivity contribution is 0.0890. The molecule has 0 aliphatic heterocycles. The number of amides is 1. The first-order chi connectivity index (χ1) is 8.45. The highest BCUT2D eigenvalue weighted by Crippen LogP contribution is 2.23. The summed E-state index contributed by atoms with van der Waals surface area (Å²) in [6.07, 6.45) is 2.36. The summed E-state index contributed by atoms with van der Waals surface area (Å²) >= 11 is 1.56. The van der Waals surface area contributed by atoms with Crippen molar-refractivity contribution >= 4 is 17.2 Å². The molecule has 18 heavy (non-hydrogen) atoms. The van der Waals surface area contributed by atoms with Gasteiger partial charge in [0.05, 0.1) is 4.88 Å². The average Bonchev–Trinajstić information content (AvgIpc) is 2.71. The fraction of sp³-hybridized carbons (Fsp3) is 0.643. The van der Waals surface area contributed by atoms with Gasteiger partial charge in [0.1, 0.15) is 0 Å². The summed E-state index contributed by atoms with van der Waals surface area (Å²) < 4.78 is 0. The maximum atomic E-state index is 12.2. The van der Waals surface area contributed by atoms with Crippen LogP contribution in [0.15, 0.2) is 6.07 Å².